The Bertz CT molecular complexity index is 2340. The zero-order valence-electron chi connectivity index (χ0n) is 30.3. The summed E-state index contributed by atoms with van der Waals surface area (Å²) in [5.74, 6) is 2.71. The third-order valence-electron chi connectivity index (χ3n) is 10.4. The molecule has 248 valence electrons. The van der Waals surface area contributed by atoms with Crippen molar-refractivity contribution < 1.29 is 4.74 Å². The first-order chi connectivity index (χ1) is 23.6. The van der Waals surface area contributed by atoms with Gasteiger partial charge in [0.25, 0.3) is 0 Å². The van der Waals surface area contributed by atoms with Gasteiger partial charge in [0.15, 0.2) is 0 Å². The molecule has 49 heavy (non-hydrogen) atoms. The van der Waals surface area contributed by atoms with Crippen molar-refractivity contribution in [1.82, 2.24) is 19.3 Å². The molecular formula is C44H46N4O. The topological polar surface area (TPSA) is 44.9 Å². The van der Waals surface area contributed by atoms with E-state index in [1.54, 1.807) is 0 Å². The van der Waals surface area contributed by atoms with E-state index in [9.17, 15) is 0 Å². The summed E-state index contributed by atoms with van der Waals surface area (Å²) in [6, 6.07) is 27.4. The summed E-state index contributed by atoms with van der Waals surface area (Å²) in [5.41, 5.74) is 16.2. The lowest BCUT2D eigenvalue weighted by atomic mass is 9.84. The fourth-order valence-corrected chi connectivity index (χ4v) is 7.42. The maximum absolute atomic E-state index is 6.64. The summed E-state index contributed by atoms with van der Waals surface area (Å²) in [6.45, 7) is 20.2. The summed E-state index contributed by atoms with van der Waals surface area (Å²) < 4.78 is 11.0. The highest BCUT2D eigenvalue weighted by molar-refractivity contribution is 6.09. The third-order valence-corrected chi connectivity index (χ3v) is 10.4. The Morgan fingerprint density at radius 1 is 0.673 bits per heavy atom. The number of hydrogen-bond acceptors (Lipinski definition) is 3. The van der Waals surface area contributed by atoms with E-state index < -0.39 is 0 Å². The molecule has 5 heteroatoms. The Hall–Kier alpha value is -5.16. The van der Waals surface area contributed by atoms with Gasteiger partial charge in [-0.2, -0.15) is 5.10 Å². The third kappa shape index (κ3) is 5.51. The largest absolute Gasteiger partial charge is 0.457 e. The van der Waals surface area contributed by atoms with Crippen LogP contribution in [0.1, 0.15) is 77.9 Å². The Morgan fingerprint density at radius 2 is 1.37 bits per heavy atom. The van der Waals surface area contributed by atoms with Crippen LogP contribution in [0, 0.1) is 41.5 Å². The van der Waals surface area contributed by atoms with Crippen LogP contribution in [-0.4, -0.2) is 19.3 Å². The highest BCUT2D eigenvalue weighted by atomic mass is 16.5. The van der Waals surface area contributed by atoms with E-state index in [2.05, 4.69) is 138 Å². The standard InChI is InChI=1S/C44H46N4O/c1-10-14-39-43(42-31(8)29(6)28(5)30(7)32(42)9)44(26(2)3)46-48(39)33-15-13-16-34(24-33)49-35-19-20-37-36-17-11-12-18-38(36)47(40(37)25-35)41-23-27(4)21-22-45-41/h11-13,15-26H,10,14H2,1-9H3. The molecule has 0 saturated carbocycles. The zero-order chi connectivity index (χ0) is 34.6. The summed E-state index contributed by atoms with van der Waals surface area (Å²) >= 11 is 0. The quantitative estimate of drug-likeness (QED) is 0.165. The second-order valence-corrected chi connectivity index (χ2v) is 13.8. The molecule has 0 saturated heterocycles. The molecule has 0 bridgehead atoms. The fraction of sp³-hybridized carbons (Fsp3) is 0.273. The van der Waals surface area contributed by atoms with Crippen molar-refractivity contribution in [3.63, 3.8) is 0 Å². The average molecular weight is 647 g/mol. The number of aromatic nitrogens is 4. The number of ether oxygens (including phenoxy) is 1. The van der Waals surface area contributed by atoms with Gasteiger partial charge in [-0.3, -0.25) is 4.57 Å². The van der Waals surface area contributed by atoms with Crippen molar-refractivity contribution in [3.8, 4) is 34.1 Å². The summed E-state index contributed by atoms with van der Waals surface area (Å²) in [7, 11) is 0. The van der Waals surface area contributed by atoms with E-state index in [1.165, 1.54) is 61.0 Å². The maximum atomic E-state index is 6.64. The average Bonchev–Trinajstić information content (AvgIpc) is 3.63. The van der Waals surface area contributed by atoms with Gasteiger partial charge in [-0.05, 0) is 135 Å². The predicted molar refractivity (Wildman–Crippen MR) is 204 cm³/mol. The van der Waals surface area contributed by atoms with Gasteiger partial charge in [0, 0.05) is 34.7 Å². The first kappa shape index (κ1) is 32.4. The van der Waals surface area contributed by atoms with Crippen LogP contribution >= 0.6 is 0 Å². The zero-order valence-corrected chi connectivity index (χ0v) is 30.3. The fourth-order valence-electron chi connectivity index (χ4n) is 7.42. The number of benzene rings is 4. The summed E-state index contributed by atoms with van der Waals surface area (Å²) in [4.78, 5) is 4.74. The van der Waals surface area contributed by atoms with Gasteiger partial charge in [-0.15, -0.1) is 0 Å². The van der Waals surface area contributed by atoms with Gasteiger partial charge >= 0.3 is 0 Å². The molecule has 0 radical (unpaired) electrons. The number of para-hydroxylation sites is 1. The molecule has 4 aromatic carbocycles. The van der Waals surface area contributed by atoms with Crippen molar-refractivity contribution in [2.75, 3.05) is 0 Å². The van der Waals surface area contributed by atoms with Crippen LogP contribution < -0.4 is 4.74 Å². The van der Waals surface area contributed by atoms with E-state index in [4.69, 9.17) is 14.8 Å². The maximum Gasteiger partial charge on any atom is 0.137 e. The number of fused-ring (bicyclic) bond motifs is 3. The molecule has 0 unspecified atom stereocenters. The monoisotopic (exact) mass is 646 g/mol. The SMILES string of the molecule is CCCc1c(-c2c(C)c(C)c(C)c(C)c2C)c(C(C)C)nn1-c1cccc(Oc2ccc3c4ccccc4n(-c4cc(C)ccn4)c3c2)c1. The van der Waals surface area contributed by atoms with Gasteiger partial charge in [0.1, 0.15) is 17.3 Å². The van der Waals surface area contributed by atoms with Crippen molar-refractivity contribution in [2.45, 2.75) is 81.1 Å². The van der Waals surface area contributed by atoms with Crippen molar-refractivity contribution in [1.29, 1.82) is 0 Å². The van der Waals surface area contributed by atoms with E-state index in [-0.39, 0.29) is 5.92 Å². The van der Waals surface area contributed by atoms with Crippen molar-refractivity contribution in [2.24, 2.45) is 0 Å². The number of pyridine rings is 1. The van der Waals surface area contributed by atoms with Crippen LogP contribution in [0.3, 0.4) is 0 Å². The predicted octanol–water partition coefficient (Wildman–Crippen LogP) is 11.8. The molecular weight excluding hydrogens is 601 g/mol. The number of rotatable bonds is 8. The molecule has 0 spiro atoms. The minimum absolute atomic E-state index is 0.272. The highest BCUT2D eigenvalue weighted by Crippen LogP contribution is 2.42. The first-order valence-electron chi connectivity index (χ1n) is 17.5. The lowest BCUT2D eigenvalue weighted by Gasteiger charge is -2.21. The van der Waals surface area contributed by atoms with Crippen molar-refractivity contribution >= 4 is 21.8 Å². The molecule has 0 atom stereocenters. The molecule has 3 heterocycles. The molecule has 0 amide bonds. The summed E-state index contributed by atoms with van der Waals surface area (Å²) in [6.07, 6.45) is 3.83. The summed E-state index contributed by atoms with van der Waals surface area (Å²) in [5, 5.41) is 7.72. The van der Waals surface area contributed by atoms with Crippen LogP contribution in [0.4, 0.5) is 0 Å². The number of aryl methyl sites for hydroxylation is 1. The van der Waals surface area contributed by atoms with E-state index in [0.717, 1.165) is 52.6 Å². The molecule has 0 N–H and O–H groups in total. The molecule has 3 aromatic heterocycles. The van der Waals surface area contributed by atoms with Crippen LogP contribution in [0.2, 0.25) is 0 Å². The second kappa shape index (κ2) is 12.7. The first-order valence-corrected chi connectivity index (χ1v) is 17.5. The van der Waals surface area contributed by atoms with Crippen LogP contribution in [0.25, 0.3) is 44.4 Å². The van der Waals surface area contributed by atoms with Gasteiger partial charge in [0.2, 0.25) is 0 Å². The second-order valence-electron chi connectivity index (χ2n) is 13.8. The van der Waals surface area contributed by atoms with E-state index in [0.29, 0.717) is 0 Å². The minimum atomic E-state index is 0.272. The minimum Gasteiger partial charge on any atom is -0.457 e. The number of nitrogens with zero attached hydrogens (tertiary/aromatic N) is 4. The molecule has 7 aromatic rings. The molecule has 5 nitrogen and oxygen atoms in total. The van der Waals surface area contributed by atoms with Crippen LogP contribution in [-0.2, 0) is 6.42 Å². The Morgan fingerprint density at radius 3 is 2.08 bits per heavy atom. The van der Waals surface area contributed by atoms with Crippen molar-refractivity contribution in [3.05, 3.63) is 130 Å². The Labute approximate surface area is 290 Å². The smallest absolute Gasteiger partial charge is 0.137 e. The van der Waals surface area contributed by atoms with E-state index >= 15 is 0 Å². The molecule has 0 aliphatic carbocycles. The van der Waals surface area contributed by atoms with E-state index in [1.807, 2.05) is 18.3 Å². The molecule has 0 aliphatic rings. The van der Waals surface area contributed by atoms with Crippen LogP contribution in [0.5, 0.6) is 11.5 Å². The molecule has 7 rings (SSSR count). The van der Waals surface area contributed by atoms with Crippen LogP contribution in [0.15, 0.2) is 85.1 Å². The Kier molecular flexibility index (Phi) is 8.40. The molecule has 0 aliphatic heterocycles. The molecule has 0 fully saturated rings. The van der Waals surface area contributed by atoms with Gasteiger partial charge in [0.05, 0.1) is 28.1 Å². The highest BCUT2D eigenvalue weighted by Gasteiger charge is 2.26. The normalized spacial score (nSPS) is 11.7. The lowest BCUT2D eigenvalue weighted by Crippen LogP contribution is -2.05. The lowest BCUT2D eigenvalue weighted by molar-refractivity contribution is 0.482. The van der Waals surface area contributed by atoms with Gasteiger partial charge in [-0.25, -0.2) is 9.67 Å². The van der Waals surface area contributed by atoms with Gasteiger partial charge < -0.3 is 4.74 Å². The van der Waals surface area contributed by atoms with Gasteiger partial charge in [-0.1, -0.05) is 51.5 Å². The number of hydrogen-bond donors (Lipinski definition) is 0. The Balaban J connectivity index is 1.34.